The Morgan fingerprint density at radius 1 is 1.06 bits per heavy atom. The van der Waals surface area contributed by atoms with Gasteiger partial charge < -0.3 is 20.4 Å². The predicted molar refractivity (Wildman–Crippen MR) is 137 cm³/mol. The summed E-state index contributed by atoms with van der Waals surface area (Å²) in [5.41, 5.74) is 2.01. The summed E-state index contributed by atoms with van der Waals surface area (Å²) in [4.78, 5) is 29.8. The summed E-state index contributed by atoms with van der Waals surface area (Å²) >= 11 is 0. The first-order valence-corrected chi connectivity index (χ1v) is 12.9. The van der Waals surface area contributed by atoms with Gasteiger partial charge >= 0.3 is 6.09 Å². The fraction of sp³-hybridized carbons (Fsp3) is 0.448. The minimum Gasteiger partial charge on any atom is -0.446 e. The second kappa shape index (κ2) is 10.1. The molecule has 4 atom stereocenters. The van der Waals surface area contributed by atoms with Gasteiger partial charge in [0.25, 0.3) is 0 Å². The average molecular weight is 474 g/mol. The van der Waals surface area contributed by atoms with E-state index in [1.807, 2.05) is 60.8 Å². The molecule has 2 unspecified atom stereocenters. The summed E-state index contributed by atoms with van der Waals surface area (Å²) < 4.78 is 5.91. The van der Waals surface area contributed by atoms with Gasteiger partial charge in [0.15, 0.2) is 0 Å². The van der Waals surface area contributed by atoms with Gasteiger partial charge in [-0.3, -0.25) is 4.79 Å². The van der Waals surface area contributed by atoms with E-state index in [4.69, 9.17) is 4.74 Å². The normalized spacial score (nSPS) is 22.9. The van der Waals surface area contributed by atoms with Crippen LogP contribution in [0.15, 0.2) is 60.8 Å². The van der Waals surface area contributed by atoms with Gasteiger partial charge in [0.2, 0.25) is 5.91 Å². The van der Waals surface area contributed by atoms with Gasteiger partial charge in [-0.1, -0.05) is 61.4 Å². The number of aromatic nitrogens is 1. The van der Waals surface area contributed by atoms with Crippen LogP contribution in [0.1, 0.15) is 50.2 Å². The van der Waals surface area contributed by atoms with Crippen molar-refractivity contribution in [2.45, 2.75) is 63.5 Å². The highest BCUT2D eigenvalue weighted by Gasteiger charge is 2.41. The number of rotatable bonds is 8. The van der Waals surface area contributed by atoms with Crippen LogP contribution in [0.25, 0.3) is 10.9 Å². The molecule has 0 spiro atoms. The molecule has 6 heteroatoms. The molecule has 5 rings (SSSR count). The molecule has 2 aromatic carbocycles. The lowest BCUT2D eigenvalue weighted by atomic mass is 9.89. The number of benzene rings is 2. The van der Waals surface area contributed by atoms with Crippen LogP contribution in [0.3, 0.4) is 0 Å². The fourth-order valence-corrected chi connectivity index (χ4v) is 5.94. The highest BCUT2D eigenvalue weighted by Crippen LogP contribution is 2.43. The van der Waals surface area contributed by atoms with Crippen LogP contribution in [0.2, 0.25) is 0 Å². The standard InChI is InChI=1S/C29H35N3O3/c1-29(18-23-19-31-25-13-6-5-12-24(23)25,27(33)30-15-14-20-8-3-2-4-9-20)32-28(34)35-26-17-21-10-7-11-22(26)16-21/h2-6,8-9,12-13,19,21-22,26,31H,7,10-11,14-18H2,1H3,(H,30,33)(H,32,34)/t21-,22+,26?,29?/m0/s1. The van der Waals surface area contributed by atoms with E-state index < -0.39 is 11.6 Å². The van der Waals surface area contributed by atoms with Gasteiger partial charge in [-0.15, -0.1) is 0 Å². The minimum absolute atomic E-state index is 0.0408. The van der Waals surface area contributed by atoms with Crippen LogP contribution in [-0.4, -0.2) is 35.2 Å². The zero-order chi connectivity index (χ0) is 24.3. The number of fused-ring (bicyclic) bond motifs is 3. The summed E-state index contributed by atoms with van der Waals surface area (Å²) in [6, 6.07) is 18.1. The number of hydrogen-bond acceptors (Lipinski definition) is 3. The molecule has 2 saturated carbocycles. The minimum atomic E-state index is -1.15. The van der Waals surface area contributed by atoms with Crippen LogP contribution in [0, 0.1) is 11.8 Å². The number of nitrogens with one attached hydrogen (secondary N) is 3. The van der Waals surface area contributed by atoms with E-state index in [0.717, 1.165) is 47.7 Å². The van der Waals surface area contributed by atoms with Crippen molar-refractivity contribution in [1.82, 2.24) is 15.6 Å². The van der Waals surface area contributed by atoms with Gasteiger partial charge in [-0.2, -0.15) is 0 Å². The van der Waals surface area contributed by atoms with E-state index in [1.54, 1.807) is 6.92 Å². The van der Waals surface area contributed by atoms with Gasteiger partial charge in [-0.05, 0) is 61.6 Å². The maximum absolute atomic E-state index is 13.5. The van der Waals surface area contributed by atoms with Crippen molar-refractivity contribution in [3.05, 3.63) is 71.9 Å². The average Bonchev–Trinajstić information content (AvgIpc) is 3.38. The first-order chi connectivity index (χ1) is 17.0. The molecule has 35 heavy (non-hydrogen) atoms. The molecule has 0 aliphatic heterocycles. The van der Waals surface area contributed by atoms with E-state index in [1.165, 1.54) is 12.8 Å². The van der Waals surface area contributed by atoms with Crippen molar-refractivity contribution in [3.8, 4) is 0 Å². The summed E-state index contributed by atoms with van der Waals surface area (Å²) in [7, 11) is 0. The Morgan fingerprint density at radius 3 is 2.69 bits per heavy atom. The molecule has 0 radical (unpaired) electrons. The molecular weight excluding hydrogens is 438 g/mol. The van der Waals surface area contributed by atoms with Gasteiger partial charge in [0.1, 0.15) is 11.6 Å². The molecule has 2 fully saturated rings. The van der Waals surface area contributed by atoms with Crippen LogP contribution in [-0.2, 0) is 22.4 Å². The quantitative estimate of drug-likeness (QED) is 0.424. The van der Waals surface area contributed by atoms with Crippen molar-refractivity contribution in [1.29, 1.82) is 0 Å². The van der Waals surface area contributed by atoms with Crippen molar-refractivity contribution in [2.24, 2.45) is 11.8 Å². The topological polar surface area (TPSA) is 83.2 Å². The molecule has 1 aromatic heterocycles. The van der Waals surface area contributed by atoms with Crippen LogP contribution in [0.4, 0.5) is 4.79 Å². The fourth-order valence-electron chi connectivity index (χ4n) is 5.94. The number of carbonyl (C=O) groups is 2. The summed E-state index contributed by atoms with van der Waals surface area (Å²) in [5.74, 6) is 0.922. The first kappa shape index (κ1) is 23.5. The lowest BCUT2D eigenvalue weighted by Gasteiger charge is -2.30. The molecule has 2 amide bonds. The number of H-pyrrole nitrogens is 1. The number of amides is 2. The maximum Gasteiger partial charge on any atom is 0.408 e. The van der Waals surface area contributed by atoms with Crippen molar-refractivity contribution in [2.75, 3.05) is 6.54 Å². The Bertz CT molecular complexity index is 1170. The highest BCUT2D eigenvalue weighted by molar-refractivity contribution is 5.91. The second-order valence-electron chi connectivity index (χ2n) is 10.5. The number of para-hydroxylation sites is 1. The molecule has 6 nitrogen and oxygen atoms in total. The maximum atomic E-state index is 13.5. The van der Waals surface area contributed by atoms with E-state index >= 15 is 0 Å². The predicted octanol–water partition coefficient (Wildman–Crippen LogP) is 5.13. The van der Waals surface area contributed by atoms with E-state index in [2.05, 4.69) is 15.6 Å². The molecule has 0 saturated heterocycles. The third kappa shape index (κ3) is 5.37. The molecule has 184 valence electrons. The lowest BCUT2D eigenvalue weighted by molar-refractivity contribution is -0.127. The Kier molecular flexibility index (Phi) is 6.80. The van der Waals surface area contributed by atoms with Gasteiger partial charge in [0, 0.05) is 30.1 Å². The van der Waals surface area contributed by atoms with Gasteiger partial charge in [0.05, 0.1) is 0 Å². The van der Waals surface area contributed by atoms with Crippen molar-refractivity contribution in [3.63, 3.8) is 0 Å². The summed E-state index contributed by atoms with van der Waals surface area (Å²) in [6.45, 7) is 2.29. The molecule has 2 bridgehead atoms. The SMILES string of the molecule is CC(Cc1c[nH]c2ccccc12)(NC(=O)OC1C[C@H]2CCC[C@@H]1C2)C(=O)NCCc1ccccc1. The highest BCUT2D eigenvalue weighted by atomic mass is 16.6. The second-order valence-corrected chi connectivity index (χ2v) is 10.5. The molecule has 1 heterocycles. The molecule has 3 N–H and O–H groups in total. The third-order valence-electron chi connectivity index (χ3n) is 7.81. The van der Waals surface area contributed by atoms with Crippen LogP contribution < -0.4 is 10.6 Å². The number of carbonyl (C=O) groups excluding carboxylic acids is 2. The van der Waals surface area contributed by atoms with E-state index in [9.17, 15) is 9.59 Å². The largest absolute Gasteiger partial charge is 0.446 e. The van der Waals surface area contributed by atoms with Crippen LogP contribution in [0.5, 0.6) is 0 Å². The molecule has 2 aliphatic rings. The number of aromatic amines is 1. The summed E-state index contributed by atoms with van der Waals surface area (Å²) in [6.07, 6.45) is 8.16. The first-order valence-electron chi connectivity index (χ1n) is 12.9. The lowest BCUT2D eigenvalue weighted by Crippen LogP contribution is -2.59. The zero-order valence-electron chi connectivity index (χ0n) is 20.4. The Morgan fingerprint density at radius 2 is 1.86 bits per heavy atom. The van der Waals surface area contributed by atoms with Gasteiger partial charge in [-0.25, -0.2) is 4.79 Å². The molecule has 3 aromatic rings. The van der Waals surface area contributed by atoms with Crippen LogP contribution >= 0.6 is 0 Å². The summed E-state index contributed by atoms with van der Waals surface area (Å²) in [5, 5.41) is 7.06. The third-order valence-corrected chi connectivity index (χ3v) is 7.81. The van der Waals surface area contributed by atoms with E-state index in [-0.39, 0.29) is 12.0 Å². The monoisotopic (exact) mass is 473 g/mol. The van der Waals surface area contributed by atoms with Crippen molar-refractivity contribution < 1.29 is 14.3 Å². The molecule has 2 aliphatic carbocycles. The van der Waals surface area contributed by atoms with E-state index in [0.29, 0.717) is 24.8 Å². The number of ether oxygens (including phenoxy) is 1. The number of alkyl carbamates (subject to hydrolysis) is 1. The Labute approximate surface area is 206 Å². The molecular formula is C29H35N3O3. The zero-order valence-corrected chi connectivity index (χ0v) is 20.4. The Balaban J connectivity index is 1.29. The smallest absolute Gasteiger partial charge is 0.408 e. The number of hydrogen-bond donors (Lipinski definition) is 3. The van der Waals surface area contributed by atoms with Crippen molar-refractivity contribution >= 4 is 22.9 Å². The Hall–Kier alpha value is -3.28.